The van der Waals surface area contributed by atoms with Crippen LogP contribution in [0.1, 0.15) is 23.2 Å². The molecule has 8 heteroatoms. The first-order valence-electron chi connectivity index (χ1n) is 9.31. The number of nitrogen functional groups attached to an aromatic ring is 1. The first kappa shape index (κ1) is 18.0. The van der Waals surface area contributed by atoms with Crippen molar-refractivity contribution in [2.45, 2.75) is 13.3 Å². The molecule has 0 radical (unpaired) electrons. The van der Waals surface area contributed by atoms with Crippen LogP contribution in [0.2, 0.25) is 0 Å². The number of aromatic nitrogens is 3. The zero-order valence-corrected chi connectivity index (χ0v) is 15.7. The standard InChI is InChI=1S/C20H22N6O2/c1-2-15-18(14-5-6-17(21)22-12-14)19(24-13-23-15)25-7-9-26(10-8-25)20(27)16-4-3-11-28-16/h3-6,11-13H,2,7-10H2,1H3,(H2,21,22). The van der Waals surface area contributed by atoms with Gasteiger partial charge in [-0.15, -0.1) is 0 Å². The maximum absolute atomic E-state index is 12.5. The Morgan fingerprint density at radius 1 is 1.14 bits per heavy atom. The number of amides is 1. The third-order valence-corrected chi connectivity index (χ3v) is 4.91. The van der Waals surface area contributed by atoms with Crippen LogP contribution in [0.15, 0.2) is 47.5 Å². The molecule has 1 aliphatic rings. The summed E-state index contributed by atoms with van der Waals surface area (Å²) in [6, 6.07) is 7.15. The third kappa shape index (κ3) is 3.40. The lowest BCUT2D eigenvalue weighted by Gasteiger charge is -2.36. The van der Waals surface area contributed by atoms with Gasteiger partial charge >= 0.3 is 0 Å². The fraction of sp³-hybridized carbons (Fsp3) is 0.300. The number of anilines is 2. The quantitative estimate of drug-likeness (QED) is 0.743. The maximum atomic E-state index is 12.5. The summed E-state index contributed by atoms with van der Waals surface area (Å²) in [5, 5.41) is 0. The Labute approximate surface area is 163 Å². The van der Waals surface area contributed by atoms with E-state index >= 15 is 0 Å². The molecule has 0 saturated carbocycles. The maximum Gasteiger partial charge on any atom is 0.289 e. The topological polar surface area (TPSA) is 101 Å². The highest BCUT2D eigenvalue weighted by Crippen LogP contribution is 2.32. The summed E-state index contributed by atoms with van der Waals surface area (Å²) in [6.45, 7) is 4.64. The molecular weight excluding hydrogens is 356 g/mol. The Bertz CT molecular complexity index is 947. The van der Waals surface area contributed by atoms with E-state index in [9.17, 15) is 4.79 Å². The fourth-order valence-electron chi connectivity index (χ4n) is 3.45. The normalized spacial score (nSPS) is 14.3. The van der Waals surface area contributed by atoms with E-state index in [0.29, 0.717) is 37.8 Å². The lowest BCUT2D eigenvalue weighted by molar-refractivity contribution is 0.0714. The molecule has 3 aromatic rings. The van der Waals surface area contributed by atoms with Gasteiger partial charge in [-0.2, -0.15) is 0 Å². The lowest BCUT2D eigenvalue weighted by atomic mass is 10.0. The van der Waals surface area contributed by atoms with Crippen LogP contribution in [-0.4, -0.2) is 51.9 Å². The molecule has 28 heavy (non-hydrogen) atoms. The van der Waals surface area contributed by atoms with Gasteiger partial charge in [-0.25, -0.2) is 15.0 Å². The zero-order chi connectivity index (χ0) is 19.5. The van der Waals surface area contributed by atoms with Crippen molar-refractivity contribution in [3.05, 3.63) is 54.5 Å². The average Bonchev–Trinajstić information content (AvgIpc) is 3.28. The van der Waals surface area contributed by atoms with Crippen molar-refractivity contribution in [3.63, 3.8) is 0 Å². The van der Waals surface area contributed by atoms with Gasteiger partial charge in [0, 0.05) is 43.5 Å². The minimum atomic E-state index is -0.0791. The molecule has 3 aromatic heterocycles. The van der Waals surface area contributed by atoms with E-state index in [4.69, 9.17) is 10.2 Å². The summed E-state index contributed by atoms with van der Waals surface area (Å²) >= 11 is 0. The number of hydrogen-bond donors (Lipinski definition) is 1. The number of carbonyl (C=O) groups excluding carboxylic acids is 1. The van der Waals surface area contributed by atoms with Crippen LogP contribution in [0, 0.1) is 0 Å². The van der Waals surface area contributed by atoms with Crippen molar-refractivity contribution in [2.24, 2.45) is 0 Å². The molecule has 4 heterocycles. The molecule has 0 aromatic carbocycles. The van der Waals surface area contributed by atoms with Gasteiger partial charge in [-0.1, -0.05) is 6.92 Å². The molecule has 0 atom stereocenters. The molecule has 2 N–H and O–H groups in total. The van der Waals surface area contributed by atoms with E-state index in [-0.39, 0.29) is 5.91 Å². The lowest BCUT2D eigenvalue weighted by Crippen LogP contribution is -2.49. The number of nitrogens with zero attached hydrogens (tertiary/aromatic N) is 5. The molecule has 1 aliphatic heterocycles. The van der Waals surface area contributed by atoms with Crippen molar-refractivity contribution in [1.29, 1.82) is 0 Å². The number of hydrogen-bond acceptors (Lipinski definition) is 7. The molecule has 8 nitrogen and oxygen atoms in total. The van der Waals surface area contributed by atoms with Crippen LogP contribution in [0.25, 0.3) is 11.1 Å². The number of piperazine rings is 1. The van der Waals surface area contributed by atoms with Gasteiger partial charge in [0.15, 0.2) is 5.76 Å². The van der Waals surface area contributed by atoms with E-state index in [1.54, 1.807) is 30.7 Å². The van der Waals surface area contributed by atoms with E-state index in [2.05, 4.69) is 26.8 Å². The summed E-state index contributed by atoms with van der Waals surface area (Å²) in [4.78, 5) is 29.7. The van der Waals surface area contributed by atoms with Crippen molar-refractivity contribution in [3.8, 4) is 11.1 Å². The van der Waals surface area contributed by atoms with Gasteiger partial charge < -0.3 is 20.0 Å². The number of furan rings is 1. The average molecular weight is 378 g/mol. The molecule has 1 amide bonds. The minimum absolute atomic E-state index is 0.0791. The molecule has 0 unspecified atom stereocenters. The van der Waals surface area contributed by atoms with Crippen LogP contribution in [-0.2, 0) is 6.42 Å². The summed E-state index contributed by atoms with van der Waals surface area (Å²) in [5.41, 5.74) is 8.62. The first-order chi connectivity index (χ1) is 13.7. The predicted octanol–water partition coefficient (Wildman–Crippen LogP) is 2.24. The predicted molar refractivity (Wildman–Crippen MR) is 106 cm³/mol. The number of nitrogens with two attached hydrogens (primary N) is 1. The largest absolute Gasteiger partial charge is 0.459 e. The monoisotopic (exact) mass is 378 g/mol. The molecule has 0 bridgehead atoms. The second kappa shape index (κ2) is 7.67. The second-order valence-corrected chi connectivity index (χ2v) is 6.60. The highest BCUT2D eigenvalue weighted by molar-refractivity contribution is 5.91. The van der Waals surface area contributed by atoms with E-state index in [1.165, 1.54) is 6.26 Å². The van der Waals surface area contributed by atoms with Gasteiger partial charge in [-0.3, -0.25) is 4.79 Å². The highest BCUT2D eigenvalue weighted by atomic mass is 16.3. The number of pyridine rings is 1. The van der Waals surface area contributed by atoms with Gasteiger partial charge in [0.1, 0.15) is 18.0 Å². The summed E-state index contributed by atoms with van der Waals surface area (Å²) in [5.74, 6) is 1.63. The molecule has 0 spiro atoms. The van der Waals surface area contributed by atoms with E-state index in [0.717, 1.165) is 29.1 Å². The van der Waals surface area contributed by atoms with Crippen molar-refractivity contribution >= 4 is 17.5 Å². The summed E-state index contributed by atoms with van der Waals surface area (Å²) in [7, 11) is 0. The first-order valence-corrected chi connectivity index (χ1v) is 9.31. The second-order valence-electron chi connectivity index (χ2n) is 6.60. The van der Waals surface area contributed by atoms with E-state index < -0.39 is 0 Å². The molecule has 144 valence electrons. The van der Waals surface area contributed by atoms with Crippen molar-refractivity contribution in [1.82, 2.24) is 19.9 Å². The molecule has 1 fully saturated rings. The van der Waals surface area contributed by atoms with Gasteiger partial charge in [-0.05, 0) is 30.7 Å². The zero-order valence-electron chi connectivity index (χ0n) is 15.7. The Morgan fingerprint density at radius 2 is 1.96 bits per heavy atom. The van der Waals surface area contributed by atoms with Gasteiger partial charge in [0.2, 0.25) is 0 Å². The van der Waals surface area contributed by atoms with Crippen molar-refractivity contribution < 1.29 is 9.21 Å². The van der Waals surface area contributed by atoms with Gasteiger partial charge in [0.05, 0.1) is 12.0 Å². The molecule has 1 saturated heterocycles. The van der Waals surface area contributed by atoms with Crippen LogP contribution in [0.4, 0.5) is 11.6 Å². The van der Waals surface area contributed by atoms with Gasteiger partial charge in [0.25, 0.3) is 5.91 Å². The molecule has 4 rings (SSSR count). The van der Waals surface area contributed by atoms with Crippen LogP contribution >= 0.6 is 0 Å². The third-order valence-electron chi connectivity index (χ3n) is 4.91. The Kier molecular flexibility index (Phi) is 4.92. The Balaban J connectivity index is 1.58. The smallest absolute Gasteiger partial charge is 0.289 e. The van der Waals surface area contributed by atoms with Crippen LogP contribution in [0.5, 0.6) is 0 Å². The summed E-state index contributed by atoms with van der Waals surface area (Å²) < 4.78 is 5.23. The van der Waals surface area contributed by atoms with Crippen LogP contribution in [0.3, 0.4) is 0 Å². The van der Waals surface area contributed by atoms with Crippen LogP contribution < -0.4 is 10.6 Å². The number of rotatable bonds is 4. The number of aryl methyl sites for hydroxylation is 1. The Hall–Kier alpha value is -3.42. The molecular formula is C20H22N6O2. The van der Waals surface area contributed by atoms with E-state index in [1.807, 2.05) is 11.0 Å². The molecule has 0 aliphatic carbocycles. The highest BCUT2D eigenvalue weighted by Gasteiger charge is 2.26. The SMILES string of the molecule is CCc1ncnc(N2CCN(C(=O)c3ccco3)CC2)c1-c1ccc(N)nc1. The Morgan fingerprint density at radius 3 is 2.61 bits per heavy atom. The summed E-state index contributed by atoms with van der Waals surface area (Å²) in [6.07, 6.45) is 5.66. The van der Waals surface area contributed by atoms with Crippen molar-refractivity contribution in [2.75, 3.05) is 36.8 Å². The number of carbonyl (C=O) groups is 1. The fourth-order valence-corrected chi connectivity index (χ4v) is 3.45. The minimum Gasteiger partial charge on any atom is -0.459 e.